The summed E-state index contributed by atoms with van der Waals surface area (Å²) in [6.07, 6.45) is -5.97. The van der Waals surface area contributed by atoms with Crippen LogP contribution in [0.4, 0.5) is 23.2 Å². The fourth-order valence-corrected chi connectivity index (χ4v) is 2.37. The molecule has 3 aromatic rings. The first kappa shape index (κ1) is 18.5. The zero-order valence-corrected chi connectivity index (χ0v) is 13.6. The third-order valence-corrected chi connectivity index (χ3v) is 3.57. The Kier molecular flexibility index (Phi) is 5.15. The molecule has 0 unspecified atom stereocenters. The van der Waals surface area contributed by atoms with Crippen LogP contribution in [0.5, 0.6) is 5.75 Å². The minimum atomic E-state index is -2.99. The van der Waals surface area contributed by atoms with Crippen molar-refractivity contribution in [2.45, 2.75) is 19.4 Å². The summed E-state index contributed by atoms with van der Waals surface area (Å²) in [6.45, 7) is -0.341. The van der Waals surface area contributed by atoms with Crippen LogP contribution in [0.25, 0.3) is 0 Å². The van der Waals surface area contributed by atoms with Gasteiger partial charge < -0.3 is 14.8 Å². The number of carbonyl (C=O) groups excluding carboxylic acids is 1. The number of halogens is 4. The van der Waals surface area contributed by atoms with Crippen molar-refractivity contribution in [1.82, 2.24) is 9.78 Å². The molecule has 0 aliphatic carbocycles. The van der Waals surface area contributed by atoms with Crippen LogP contribution in [0.3, 0.4) is 0 Å². The normalized spacial score (nSPS) is 11.3. The third kappa shape index (κ3) is 4.27. The monoisotopic (exact) mass is 383 g/mol. The number of phenolic OH excluding ortho intramolecular Hbond substituents is 1. The average molecular weight is 383 g/mol. The van der Waals surface area contributed by atoms with Gasteiger partial charge in [-0.15, -0.1) is 0 Å². The third-order valence-electron chi connectivity index (χ3n) is 3.57. The van der Waals surface area contributed by atoms with Gasteiger partial charge in [-0.05, 0) is 30.3 Å². The van der Waals surface area contributed by atoms with Crippen molar-refractivity contribution >= 4 is 11.6 Å². The molecule has 0 fully saturated rings. The number of rotatable bonds is 6. The fourth-order valence-electron chi connectivity index (χ4n) is 2.37. The van der Waals surface area contributed by atoms with Crippen LogP contribution in [0.15, 0.2) is 46.9 Å². The smallest absolute Gasteiger partial charge is 0.291 e. The van der Waals surface area contributed by atoms with E-state index in [4.69, 9.17) is 4.42 Å². The summed E-state index contributed by atoms with van der Waals surface area (Å²) in [5.41, 5.74) is -1.11. The van der Waals surface area contributed by atoms with E-state index in [0.717, 1.165) is 0 Å². The van der Waals surface area contributed by atoms with E-state index in [2.05, 4.69) is 10.4 Å². The van der Waals surface area contributed by atoms with Gasteiger partial charge in [0.1, 0.15) is 22.9 Å². The molecule has 0 atom stereocenters. The van der Waals surface area contributed by atoms with Gasteiger partial charge in [-0.3, -0.25) is 9.48 Å². The first-order valence-corrected chi connectivity index (χ1v) is 7.66. The number of carbonyl (C=O) groups is 1. The molecule has 3 rings (SSSR count). The SMILES string of the molecule is O=C(Nc1cccc(O)c1)c1ccc(Cn2nc(C(F)F)cc2C(F)F)o1. The molecule has 0 aliphatic rings. The van der Waals surface area contributed by atoms with Crippen LogP contribution in [0, 0.1) is 0 Å². The molecule has 2 N–H and O–H groups in total. The summed E-state index contributed by atoms with van der Waals surface area (Å²) in [5.74, 6) is -0.703. The van der Waals surface area contributed by atoms with Gasteiger partial charge in [-0.2, -0.15) is 5.10 Å². The molecule has 2 aromatic heterocycles. The van der Waals surface area contributed by atoms with Gasteiger partial charge in [0, 0.05) is 11.8 Å². The summed E-state index contributed by atoms with van der Waals surface area (Å²) in [6, 6.07) is 9.14. The second-order valence-electron chi connectivity index (χ2n) is 5.52. The first-order valence-electron chi connectivity index (χ1n) is 7.66. The number of hydrogen-bond acceptors (Lipinski definition) is 4. The number of aromatic nitrogens is 2. The number of nitrogens with one attached hydrogen (secondary N) is 1. The zero-order valence-electron chi connectivity index (χ0n) is 13.6. The fraction of sp³-hybridized carbons (Fsp3) is 0.176. The quantitative estimate of drug-likeness (QED) is 0.620. The number of amides is 1. The Labute approximate surface area is 150 Å². The Morgan fingerprint density at radius 2 is 1.93 bits per heavy atom. The number of hydrogen-bond donors (Lipinski definition) is 2. The molecule has 6 nitrogen and oxygen atoms in total. The van der Waals surface area contributed by atoms with Crippen LogP contribution >= 0.6 is 0 Å². The molecule has 0 bridgehead atoms. The number of anilines is 1. The number of aromatic hydroxyl groups is 1. The van der Waals surface area contributed by atoms with Crippen molar-refractivity contribution in [3.63, 3.8) is 0 Å². The van der Waals surface area contributed by atoms with E-state index in [1.165, 1.54) is 30.3 Å². The summed E-state index contributed by atoms with van der Waals surface area (Å²) < 4.78 is 57.4. The van der Waals surface area contributed by atoms with Crippen LogP contribution in [-0.4, -0.2) is 20.8 Å². The number of furan rings is 1. The van der Waals surface area contributed by atoms with Crippen molar-refractivity contribution in [2.75, 3.05) is 5.32 Å². The second kappa shape index (κ2) is 7.52. The molecule has 0 aliphatic heterocycles. The lowest BCUT2D eigenvalue weighted by molar-refractivity contribution is 0.0994. The number of nitrogens with zero attached hydrogens (tertiary/aromatic N) is 2. The predicted molar refractivity (Wildman–Crippen MR) is 86.0 cm³/mol. The van der Waals surface area contributed by atoms with Crippen molar-refractivity contribution in [1.29, 1.82) is 0 Å². The summed E-state index contributed by atoms with van der Waals surface area (Å²) in [4.78, 5) is 12.1. The predicted octanol–water partition coefficient (Wildman–Crippen LogP) is 4.36. The second-order valence-corrected chi connectivity index (χ2v) is 5.52. The van der Waals surface area contributed by atoms with Gasteiger partial charge in [0.25, 0.3) is 18.8 Å². The van der Waals surface area contributed by atoms with E-state index in [1.807, 2.05) is 0 Å². The molecule has 1 amide bonds. The van der Waals surface area contributed by atoms with Crippen molar-refractivity contribution in [3.05, 3.63) is 65.4 Å². The average Bonchev–Trinajstić information content (AvgIpc) is 3.22. The molecule has 10 heteroatoms. The molecule has 0 spiro atoms. The van der Waals surface area contributed by atoms with Gasteiger partial charge in [0.2, 0.25) is 0 Å². The van der Waals surface area contributed by atoms with E-state index in [-0.39, 0.29) is 23.8 Å². The Morgan fingerprint density at radius 1 is 1.15 bits per heavy atom. The van der Waals surface area contributed by atoms with Crippen LogP contribution in [0.2, 0.25) is 0 Å². The van der Waals surface area contributed by atoms with Gasteiger partial charge >= 0.3 is 0 Å². The standard InChI is InChI=1S/C17H13F4N3O3/c18-15(19)12-7-13(16(20)21)24(23-12)8-11-4-5-14(27-11)17(26)22-9-2-1-3-10(25)6-9/h1-7,15-16,25H,8H2,(H,22,26). The maximum absolute atomic E-state index is 13.0. The molecule has 0 saturated carbocycles. The van der Waals surface area contributed by atoms with Gasteiger partial charge in [-0.1, -0.05) is 6.07 Å². The van der Waals surface area contributed by atoms with E-state index in [0.29, 0.717) is 16.4 Å². The lowest BCUT2D eigenvalue weighted by atomic mass is 10.3. The maximum Gasteiger partial charge on any atom is 0.291 e. The number of benzene rings is 1. The van der Waals surface area contributed by atoms with Crippen LogP contribution < -0.4 is 5.32 Å². The lowest BCUT2D eigenvalue weighted by Gasteiger charge is -2.05. The topological polar surface area (TPSA) is 80.3 Å². The number of phenols is 1. The highest BCUT2D eigenvalue weighted by Crippen LogP contribution is 2.26. The molecule has 27 heavy (non-hydrogen) atoms. The molecular weight excluding hydrogens is 370 g/mol. The molecule has 2 heterocycles. The number of alkyl halides is 4. The Morgan fingerprint density at radius 3 is 2.59 bits per heavy atom. The Bertz CT molecular complexity index is 953. The first-order chi connectivity index (χ1) is 12.8. The largest absolute Gasteiger partial charge is 0.508 e. The highest BCUT2D eigenvalue weighted by molar-refractivity contribution is 6.02. The summed E-state index contributed by atoms with van der Waals surface area (Å²) >= 11 is 0. The summed E-state index contributed by atoms with van der Waals surface area (Å²) in [5, 5.41) is 15.3. The van der Waals surface area contributed by atoms with E-state index in [9.17, 15) is 27.5 Å². The van der Waals surface area contributed by atoms with E-state index >= 15 is 0 Å². The van der Waals surface area contributed by atoms with E-state index < -0.39 is 30.1 Å². The minimum Gasteiger partial charge on any atom is -0.508 e. The molecule has 1 aromatic carbocycles. The van der Waals surface area contributed by atoms with E-state index in [1.54, 1.807) is 6.07 Å². The Hall–Kier alpha value is -3.30. The Balaban J connectivity index is 1.75. The van der Waals surface area contributed by atoms with Crippen LogP contribution in [0.1, 0.15) is 40.6 Å². The van der Waals surface area contributed by atoms with Gasteiger partial charge in [-0.25, -0.2) is 17.6 Å². The summed E-state index contributed by atoms with van der Waals surface area (Å²) in [7, 11) is 0. The highest BCUT2D eigenvalue weighted by atomic mass is 19.3. The minimum absolute atomic E-state index is 0.0408. The molecule has 0 saturated heterocycles. The molecular formula is C17H13F4N3O3. The van der Waals surface area contributed by atoms with Crippen molar-refractivity contribution < 1.29 is 31.9 Å². The van der Waals surface area contributed by atoms with Gasteiger partial charge in [0.15, 0.2) is 5.76 Å². The van der Waals surface area contributed by atoms with Crippen molar-refractivity contribution in [3.8, 4) is 5.75 Å². The highest BCUT2D eigenvalue weighted by Gasteiger charge is 2.22. The van der Waals surface area contributed by atoms with Crippen molar-refractivity contribution in [2.24, 2.45) is 0 Å². The van der Waals surface area contributed by atoms with Gasteiger partial charge in [0.05, 0.1) is 6.54 Å². The molecule has 0 radical (unpaired) electrons. The zero-order chi connectivity index (χ0) is 19.6. The lowest BCUT2D eigenvalue weighted by Crippen LogP contribution is -2.11. The van der Waals surface area contributed by atoms with Crippen LogP contribution in [-0.2, 0) is 6.54 Å². The molecule has 142 valence electrons. The maximum atomic E-state index is 13.0.